The second-order valence-electron chi connectivity index (χ2n) is 4.51. The van der Waals surface area contributed by atoms with Crippen molar-refractivity contribution in [1.29, 1.82) is 0 Å². The highest BCUT2D eigenvalue weighted by Crippen LogP contribution is 2.32. The minimum absolute atomic E-state index is 0.0892. The summed E-state index contributed by atoms with van der Waals surface area (Å²) in [5, 5.41) is 1.65. The largest absolute Gasteiger partial charge is 0.465 e. The molecule has 0 amide bonds. The van der Waals surface area contributed by atoms with Gasteiger partial charge in [0.2, 0.25) is 0 Å². The van der Waals surface area contributed by atoms with Gasteiger partial charge in [0.05, 0.1) is 17.5 Å². The van der Waals surface area contributed by atoms with Gasteiger partial charge in [-0.15, -0.1) is 0 Å². The van der Waals surface area contributed by atoms with E-state index >= 15 is 0 Å². The fourth-order valence-corrected chi connectivity index (χ4v) is 2.77. The van der Waals surface area contributed by atoms with E-state index in [1.807, 2.05) is 18.2 Å². The molecule has 0 radical (unpaired) electrons. The molecular formula is C14H13BrN4O2. The lowest BCUT2D eigenvalue weighted by Gasteiger charge is -2.06. The first-order chi connectivity index (χ1) is 10.1. The molecule has 2 N–H and O–H groups in total. The third kappa shape index (κ3) is 2.33. The maximum Gasteiger partial charge on any atom is 0.326 e. The van der Waals surface area contributed by atoms with Gasteiger partial charge in [0.25, 0.3) is 0 Å². The van der Waals surface area contributed by atoms with E-state index in [4.69, 9.17) is 10.5 Å². The Morgan fingerprint density at radius 2 is 2.24 bits per heavy atom. The monoisotopic (exact) mass is 348 g/mol. The molecule has 0 saturated heterocycles. The average Bonchev–Trinajstić information content (AvgIpc) is 2.74. The van der Waals surface area contributed by atoms with E-state index in [0.29, 0.717) is 18.1 Å². The molecule has 0 atom stereocenters. The first-order valence-corrected chi connectivity index (χ1v) is 7.24. The molecule has 0 spiro atoms. The number of benzene rings is 1. The smallest absolute Gasteiger partial charge is 0.326 e. The van der Waals surface area contributed by atoms with Gasteiger partial charge in [-0.25, -0.2) is 9.97 Å². The van der Waals surface area contributed by atoms with Crippen molar-refractivity contribution in [2.45, 2.75) is 13.5 Å². The molecular weight excluding hydrogens is 336 g/mol. The molecule has 0 fully saturated rings. The lowest BCUT2D eigenvalue weighted by Crippen LogP contribution is -2.13. The molecule has 3 aromatic rings. The van der Waals surface area contributed by atoms with E-state index in [1.54, 1.807) is 11.5 Å². The number of fused-ring (bicyclic) bond motifs is 3. The Balaban J connectivity index is 2.30. The summed E-state index contributed by atoms with van der Waals surface area (Å²) in [6.45, 7) is 2.21. The summed E-state index contributed by atoms with van der Waals surface area (Å²) in [7, 11) is 0. The second-order valence-corrected chi connectivity index (χ2v) is 5.43. The number of carbonyl (C=O) groups excluding carboxylic acids is 1. The molecule has 108 valence electrons. The van der Waals surface area contributed by atoms with Crippen molar-refractivity contribution in [3.63, 3.8) is 0 Å². The molecule has 0 aliphatic rings. The maximum atomic E-state index is 11.8. The van der Waals surface area contributed by atoms with E-state index < -0.39 is 0 Å². The Labute approximate surface area is 129 Å². The van der Waals surface area contributed by atoms with Gasteiger partial charge in [-0.05, 0) is 25.1 Å². The molecule has 2 aromatic heterocycles. The molecule has 0 aliphatic heterocycles. The van der Waals surface area contributed by atoms with Crippen molar-refractivity contribution in [1.82, 2.24) is 14.5 Å². The van der Waals surface area contributed by atoms with Crippen LogP contribution in [0.15, 0.2) is 29.0 Å². The van der Waals surface area contributed by atoms with E-state index in [1.165, 1.54) is 6.33 Å². The highest BCUT2D eigenvalue weighted by molar-refractivity contribution is 9.10. The zero-order valence-electron chi connectivity index (χ0n) is 11.3. The number of nitrogens with two attached hydrogens (primary N) is 1. The van der Waals surface area contributed by atoms with Crippen LogP contribution in [0, 0.1) is 0 Å². The number of nitrogens with zero attached hydrogens (tertiary/aromatic N) is 3. The molecule has 0 aliphatic carbocycles. The Bertz CT molecular complexity index is 844. The lowest BCUT2D eigenvalue weighted by atomic mass is 10.2. The van der Waals surface area contributed by atoms with Crippen LogP contribution in [0.4, 0.5) is 5.82 Å². The summed E-state index contributed by atoms with van der Waals surface area (Å²) in [6, 6.07) is 5.77. The predicted octanol–water partition coefficient (Wildman–Crippen LogP) is 2.49. The number of rotatable bonds is 3. The minimum Gasteiger partial charge on any atom is -0.465 e. The van der Waals surface area contributed by atoms with Gasteiger partial charge in [-0.1, -0.05) is 15.9 Å². The number of halogens is 1. The first kappa shape index (κ1) is 13.8. The molecule has 21 heavy (non-hydrogen) atoms. The average molecular weight is 349 g/mol. The zero-order valence-corrected chi connectivity index (χ0v) is 12.9. The molecule has 3 rings (SSSR count). The number of nitrogen functional groups attached to an aromatic ring is 1. The van der Waals surface area contributed by atoms with Gasteiger partial charge in [-0.2, -0.15) is 0 Å². The van der Waals surface area contributed by atoms with Crippen LogP contribution in [0.2, 0.25) is 0 Å². The number of ether oxygens (including phenoxy) is 1. The van der Waals surface area contributed by atoms with Crippen molar-refractivity contribution in [3.05, 3.63) is 29.0 Å². The van der Waals surface area contributed by atoms with Gasteiger partial charge in [0.15, 0.2) is 0 Å². The van der Waals surface area contributed by atoms with Gasteiger partial charge in [0.1, 0.15) is 24.3 Å². The molecule has 1 aromatic carbocycles. The summed E-state index contributed by atoms with van der Waals surface area (Å²) in [6.07, 6.45) is 1.40. The highest BCUT2D eigenvalue weighted by Gasteiger charge is 2.17. The Morgan fingerprint density at radius 3 is 3.00 bits per heavy atom. The van der Waals surface area contributed by atoms with Gasteiger partial charge >= 0.3 is 5.97 Å². The Morgan fingerprint density at radius 1 is 1.43 bits per heavy atom. The highest BCUT2D eigenvalue weighted by atomic mass is 79.9. The number of aromatic nitrogens is 3. The molecule has 7 heteroatoms. The van der Waals surface area contributed by atoms with Gasteiger partial charge in [0, 0.05) is 9.86 Å². The van der Waals surface area contributed by atoms with Gasteiger partial charge in [-0.3, -0.25) is 4.79 Å². The molecule has 2 heterocycles. The maximum absolute atomic E-state index is 11.8. The standard InChI is InChI=1S/C14H13BrN4O2/c1-2-21-11(20)6-19-10-4-3-8(15)5-9(10)12-13(16)17-7-18-14(12)19/h3-5,7H,2,6H2,1H3,(H2,16,17,18). The van der Waals surface area contributed by atoms with Crippen LogP contribution in [-0.4, -0.2) is 27.1 Å². The van der Waals surface area contributed by atoms with Crippen molar-refractivity contribution in [2.75, 3.05) is 12.3 Å². The zero-order chi connectivity index (χ0) is 15.0. The van der Waals surface area contributed by atoms with Crippen molar-refractivity contribution in [3.8, 4) is 0 Å². The van der Waals surface area contributed by atoms with Crippen molar-refractivity contribution >= 4 is 49.7 Å². The number of hydrogen-bond donors (Lipinski definition) is 1. The van der Waals surface area contributed by atoms with Crippen LogP contribution in [0.25, 0.3) is 21.9 Å². The SMILES string of the molecule is CCOC(=O)Cn1c2ccc(Br)cc2c2c(N)ncnc21. The van der Waals surface area contributed by atoms with Crippen LogP contribution in [-0.2, 0) is 16.1 Å². The molecule has 0 bridgehead atoms. The second kappa shape index (κ2) is 5.33. The Kier molecular flexibility index (Phi) is 3.50. The third-order valence-electron chi connectivity index (χ3n) is 3.22. The van der Waals surface area contributed by atoms with Crippen LogP contribution in [0.1, 0.15) is 6.92 Å². The van der Waals surface area contributed by atoms with E-state index in [9.17, 15) is 4.79 Å². The number of hydrogen-bond acceptors (Lipinski definition) is 5. The number of esters is 1. The normalized spacial score (nSPS) is 11.1. The van der Waals surface area contributed by atoms with E-state index in [2.05, 4.69) is 25.9 Å². The fraction of sp³-hybridized carbons (Fsp3) is 0.214. The predicted molar refractivity (Wildman–Crippen MR) is 83.8 cm³/mol. The molecule has 6 nitrogen and oxygen atoms in total. The third-order valence-corrected chi connectivity index (χ3v) is 3.72. The summed E-state index contributed by atoms with van der Waals surface area (Å²) >= 11 is 3.45. The molecule has 0 saturated carbocycles. The quantitative estimate of drug-likeness (QED) is 0.735. The fourth-order valence-electron chi connectivity index (χ4n) is 2.41. The van der Waals surface area contributed by atoms with E-state index in [-0.39, 0.29) is 12.5 Å². The van der Waals surface area contributed by atoms with Gasteiger partial charge < -0.3 is 15.0 Å². The summed E-state index contributed by atoms with van der Waals surface area (Å²) in [4.78, 5) is 20.1. The topological polar surface area (TPSA) is 83.0 Å². The van der Waals surface area contributed by atoms with Crippen molar-refractivity contribution in [2.24, 2.45) is 0 Å². The summed E-state index contributed by atoms with van der Waals surface area (Å²) in [5.74, 6) is 0.0853. The van der Waals surface area contributed by atoms with Crippen LogP contribution >= 0.6 is 15.9 Å². The van der Waals surface area contributed by atoms with Crippen LogP contribution in [0.5, 0.6) is 0 Å². The molecule has 0 unspecified atom stereocenters. The minimum atomic E-state index is -0.309. The van der Waals surface area contributed by atoms with E-state index in [0.717, 1.165) is 20.8 Å². The summed E-state index contributed by atoms with van der Waals surface area (Å²) in [5.41, 5.74) is 7.48. The Hall–Kier alpha value is -2.15. The first-order valence-electron chi connectivity index (χ1n) is 6.45. The van der Waals surface area contributed by atoms with Crippen LogP contribution < -0.4 is 5.73 Å². The lowest BCUT2D eigenvalue weighted by molar-refractivity contribution is -0.143. The van der Waals surface area contributed by atoms with Crippen LogP contribution in [0.3, 0.4) is 0 Å². The summed E-state index contributed by atoms with van der Waals surface area (Å²) < 4.78 is 7.75. The number of anilines is 1. The number of carbonyl (C=O) groups is 1. The van der Waals surface area contributed by atoms with Crippen molar-refractivity contribution < 1.29 is 9.53 Å².